The minimum Gasteiger partial charge on any atom is -0.0991 e. The number of allylic oxidation sites excluding steroid dienone is 3. The monoisotopic (exact) mass is 248 g/mol. The first-order chi connectivity index (χ1) is 8.88. The maximum atomic E-state index is 3.70. The zero-order valence-electron chi connectivity index (χ0n) is 13.5. The Morgan fingerprint density at radius 2 is 1.39 bits per heavy atom. The number of hydrogen-bond acceptors (Lipinski definition) is 0. The summed E-state index contributed by atoms with van der Waals surface area (Å²) in [6.45, 7) is 17.9. The van der Waals surface area contributed by atoms with Crippen LogP contribution in [0.5, 0.6) is 0 Å². The SMILES string of the molecule is C=C/C=C(\CC)c1ccccc1.CC.CC.CC. The molecule has 0 N–H and O–H groups in total. The molecule has 0 unspecified atom stereocenters. The molecule has 0 atom stereocenters. The van der Waals surface area contributed by atoms with Crippen LogP contribution in [-0.2, 0) is 0 Å². The summed E-state index contributed by atoms with van der Waals surface area (Å²) in [5.74, 6) is 0. The first kappa shape index (κ1) is 21.9. The lowest BCUT2D eigenvalue weighted by Crippen LogP contribution is -1.80. The van der Waals surface area contributed by atoms with Crippen molar-refractivity contribution in [3.63, 3.8) is 0 Å². The van der Waals surface area contributed by atoms with Gasteiger partial charge in [-0.3, -0.25) is 0 Å². The van der Waals surface area contributed by atoms with Crippen LogP contribution >= 0.6 is 0 Å². The third kappa shape index (κ3) is 11.2. The molecule has 0 aromatic heterocycles. The Morgan fingerprint density at radius 1 is 0.944 bits per heavy atom. The molecule has 0 aliphatic carbocycles. The average molecular weight is 248 g/mol. The highest BCUT2D eigenvalue weighted by Gasteiger charge is 1.94. The Hall–Kier alpha value is -1.30. The second-order valence-electron chi connectivity index (χ2n) is 2.65. The van der Waals surface area contributed by atoms with Crippen molar-refractivity contribution in [3.05, 3.63) is 54.6 Å². The Labute approximate surface area is 115 Å². The molecule has 0 amide bonds. The van der Waals surface area contributed by atoms with Gasteiger partial charge in [0.15, 0.2) is 0 Å². The van der Waals surface area contributed by atoms with Crippen LogP contribution in [0, 0.1) is 0 Å². The van der Waals surface area contributed by atoms with Gasteiger partial charge in [-0.2, -0.15) is 0 Å². The van der Waals surface area contributed by atoms with Crippen molar-refractivity contribution in [1.82, 2.24) is 0 Å². The topological polar surface area (TPSA) is 0 Å². The van der Waals surface area contributed by atoms with E-state index in [1.165, 1.54) is 11.1 Å². The summed E-state index contributed by atoms with van der Waals surface area (Å²) in [6, 6.07) is 10.4. The van der Waals surface area contributed by atoms with E-state index in [-0.39, 0.29) is 0 Å². The molecule has 0 radical (unpaired) electrons. The first-order valence-electron chi connectivity index (χ1n) is 7.25. The van der Waals surface area contributed by atoms with E-state index in [9.17, 15) is 0 Å². The normalized spacial score (nSPS) is 8.50. The van der Waals surface area contributed by atoms with E-state index in [0.717, 1.165) is 6.42 Å². The molecule has 104 valence electrons. The largest absolute Gasteiger partial charge is 0.0991 e. The molecule has 0 aliphatic rings. The van der Waals surface area contributed by atoms with Crippen molar-refractivity contribution in [1.29, 1.82) is 0 Å². The summed E-state index contributed by atoms with van der Waals surface area (Å²) in [5, 5.41) is 0. The van der Waals surface area contributed by atoms with Crippen LogP contribution in [0.25, 0.3) is 5.57 Å². The van der Waals surface area contributed by atoms with Gasteiger partial charge in [0, 0.05) is 0 Å². The molecule has 0 saturated carbocycles. The van der Waals surface area contributed by atoms with Gasteiger partial charge in [0.25, 0.3) is 0 Å². The fourth-order valence-corrected chi connectivity index (χ4v) is 1.21. The standard InChI is InChI=1S/C12H14.3C2H6/c1-3-8-11(4-2)12-9-6-5-7-10-12;3*1-2/h3,5-10H,1,4H2,2H3;3*1-2H3/b11-8+;;;. The van der Waals surface area contributed by atoms with Crippen molar-refractivity contribution in [2.45, 2.75) is 54.9 Å². The van der Waals surface area contributed by atoms with Gasteiger partial charge in [0.1, 0.15) is 0 Å². The minimum absolute atomic E-state index is 1.05. The molecule has 0 nitrogen and oxygen atoms in total. The van der Waals surface area contributed by atoms with Gasteiger partial charge < -0.3 is 0 Å². The van der Waals surface area contributed by atoms with E-state index in [1.54, 1.807) is 0 Å². The van der Waals surface area contributed by atoms with E-state index in [1.807, 2.05) is 53.7 Å². The van der Waals surface area contributed by atoms with Gasteiger partial charge >= 0.3 is 0 Å². The van der Waals surface area contributed by atoms with Gasteiger partial charge in [0.2, 0.25) is 0 Å². The summed E-state index contributed by atoms with van der Waals surface area (Å²) < 4.78 is 0. The van der Waals surface area contributed by atoms with Crippen molar-refractivity contribution >= 4 is 5.57 Å². The minimum atomic E-state index is 1.05. The van der Waals surface area contributed by atoms with Gasteiger partial charge in [0.05, 0.1) is 0 Å². The van der Waals surface area contributed by atoms with Crippen LogP contribution in [0.3, 0.4) is 0 Å². The number of benzene rings is 1. The summed E-state index contributed by atoms with van der Waals surface area (Å²) >= 11 is 0. The van der Waals surface area contributed by atoms with Crippen molar-refractivity contribution in [2.75, 3.05) is 0 Å². The molecule has 18 heavy (non-hydrogen) atoms. The Morgan fingerprint density at radius 3 is 1.72 bits per heavy atom. The van der Waals surface area contributed by atoms with Crippen molar-refractivity contribution < 1.29 is 0 Å². The number of rotatable bonds is 3. The zero-order chi connectivity index (χ0) is 14.8. The fraction of sp³-hybridized carbons (Fsp3) is 0.444. The van der Waals surface area contributed by atoms with Crippen molar-refractivity contribution in [2.24, 2.45) is 0 Å². The maximum Gasteiger partial charge on any atom is -0.0225 e. The second-order valence-corrected chi connectivity index (χ2v) is 2.65. The molecule has 0 bridgehead atoms. The van der Waals surface area contributed by atoms with Gasteiger partial charge in [-0.15, -0.1) is 0 Å². The summed E-state index contributed by atoms with van der Waals surface area (Å²) in [5.41, 5.74) is 2.63. The smallest absolute Gasteiger partial charge is 0.0225 e. The predicted octanol–water partition coefficient (Wildman–Crippen LogP) is 6.74. The maximum absolute atomic E-state index is 3.70. The lowest BCUT2D eigenvalue weighted by Gasteiger charge is -2.02. The molecule has 1 rings (SSSR count). The van der Waals surface area contributed by atoms with Crippen LogP contribution in [0.1, 0.15) is 60.5 Å². The molecule has 0 saturated heterocycles. The van der Waals surface area contributed by atoms with Gasteiger partial charge in [-0.25, -0.2) is 0 Å². The molecule has 0 aliphatic heterocycles. The van der Waals surface area contributed by atoms with Gasteiger partial charge in [-0.05, 0) is 17.6 Å². The average Bonchev–Trinajstić information content (AvgIpc) is 2.52. The van der Waals surface area contributed by atoms with E-state index in [0.29, 0.717) is 0 Å². The molecule has 1 aromatic rings. The third-order valence-electron chi connectivity index (χ3n) is 1.84. The Kier molecular flexibility index (Phi) is 25.6. The molecule has 0 fully saturated rings. The van der Waals surface area contributed by atoms with E-state index < -0.39 is 0 Å². The van der Waals surface area contributed by atoms with E-state index in [2.05, 4.69) is 43.8 Å². The molecular formula is C18H32. The molecular weight excluding hydrogens is 216 g/mol. The predicted molar refractivity (Wildman–Crippen MR) is 89.0 cm³/mol. The lowest BCUT2D eigenvalue weighted by molar-refractivity contribution is 1.24. The zero-order valence-corrected chi connectivity index (χ0v) is 13.5. The highest BCUT2D eigenvalue weighted by molar-refractivity contribution is 5.66. The second kappa shape index (κ2) is 21.0. The molecule has 0 heteroatoms. The van der Waals surface area contributed by atoms with Crippen LogP contribution in [0.15, 0.2) is 49.1 Å². The highest BCUT2D eigenvalue weighted by Crippen LogP contribution is 2.16. The van der Waals surface area contributed by atoms with E-state index >= 15 is 0 Å². The molecule has 1 aromatic carbocycles. The van der Waals surface area contributed by atoms with Crippen LogP contribution in [-0.4, -0.2) is 0 Å². The summed E-state index contributed by atoms with van der Waals surface area (Å²) in [4.78, 5) is 0. The van der Waals surface area contributed by atoms with Crippen LogP contribution < -0.4 is 0 Å². The quantitative estimate of drug-likeness (QED) is 0.519. The summed E-state index contributed by atoms with van der Waals surface area (Å²) in [7, 11) is 0. The van der Waals surface area contributed by atoms with Crippen molar-refractivity contribution in [3.8, 4) is 0 Å². The molecule has 0 heterocycles. The number of hydrogen-bond donors (Lipinski definition) is 0. The highest BCUT2D eigenvalue weighted by atomic mass is 14.0. The fourth-order valence-electron chi connectivity index (χ4n) is 1.21. The van der Waals surface area contributed by atoms with E-state index in [4.69, 9.17) is 0 Å². The Balaban J connectivity index is -0.000000328. The van der Waals surface area contributed by atoms with Crippen LogP contribution in [0.2, 0.25) is 0 Å². The van der Waals surface area contributed by atoms with Gasteiger partial charge in [-0.1, -0.05) is 97.5 Å². The summed E-state index contributed by atoms with van der Waals surface area (Å²) in [6.07, 6.45) is 4.96. The lowest BCUT2D eigenvalue weighted by atomic mass is 10.0. The first-order valence-corrected chi connectivity index (χ1v) is 7.25. The third-order valence-corrected chi connectivity index (χ3v) is 1.84. The Bertz CT molecular complexity index is 267. The van der Waals surface area contributed by atoms with Crippen LogP contribution in [0.4, 0.5) is 0 Å². The molecule has 0 spiro atoms.